The van der Waals surface area contributed by atoms with Crippen LogP contribution in [0.15, 0.2) is 24.3 Å². The number of rotatable bonds is 3. The minimum atomic E-state index is 0.00321. The molecule has 0 spiro atoms. The van der Waals surface area contributed by atoms with Gasteiger partial charge in [0.25, 0.3) is 0 Å². The molecule has 3 heteroatoms. The quantitative estimate of drug-likeness (QED) is 0.849. The van der Waals surface area contributed by atoms with E-state index in [1.807, 2.05) is 13.0 Å². The first-order valence-corrected chi connectivity index (χ1v) is 7.01. The zero-order valence-corrected chi connectivity index (χ0v) is 12.1. The SMILES string of the molecule is CCOc1ccc2c(c1)C(CBr)=CC(C)(C)N2. The molecule has 0 radical (unpaired) electrons. The number of allylic oxidation sites excluding steroid dienone is 1. The van der Waals surface area contributed by atoms with Gasteiger partial charge in [0, 0.05) is 16.6 Å². The molecule has 1 aliphatic heterocycles. The number of hydrogen-bond donors (Lipinski definition) is 1. The third kappa shape index (κ3) is 2.65. The predicted molar refractivity (Wildman–Crippen MR) is 77.1 cm³/mol. The highest BCUT2D eigenvalue weighted by Crippen LogP contribution is 2.36. The van der Waals surface area contributed by atoms with Crippen LogP contribution >= 0.6 is 15.9 Å². The molecule has 0 unspecified atom stereocenters. The Balaban J connectivity index is 2.44. The van der Waals surface area contributed by atoms with Crippen LogP contribution in [0.3, 0.4) is 0 Å². The minimum absolute atomic E-state index is 0.00321. The number of hydrogen-bond acceptors (Lipinski definition) is 2. The van der Waals surface area contributed by atoms with Crippen molar-refractivity contribution >= 4 is 27.2 Å². The van der Waals surface area contributed by atoms with E-state index in [0.717, 1.165) is 11.1 Å². The highest BCUT2D eigenvalue weighted by molar-refractivity contribution is 9.09. The molecule has 0 saturated heterocycles. The van der Waals surface area contributed by atoms with E-state index in [1.54, 1.807) is 0 Å². The summed E-state index contributed by atoms with van der Waals surface area (Å²) in [5.41, 5.74) is 3.72. The van der Waals surface area contributed by atoms with Gasteiger partial charge < -0.3 is 10.1 Å². The van der Waals surface area contributed by atoms with Crippen LogP contribution < -0.4 is 10.1 Å². The molecular weight excluding hydrogens is 278 g/mol. The Kier molecular flexibility index (Phi) is 3.48. The monoisotopic (exact) mass is 295 g/mol. The van der Waals surface area contributed by atoms with Gasteiger partial charge in [0.15, 0.2) is 0 Å². The highest BCUT2D eigenvalue weighted by atomic mass is 79.9. The number of nitrogens with one attached hydrogen (secondary N) is 1. The molecule has 1 aromatic rings. The molecule has 0 aromatic heterocycles. The summed E-state index contributed by atoms with van der Waals surface area (Å²) >= 11 is 3.56. The molecule has 0 atom stereocenters. The van der Waals surface area contributed by atoms with Crippen molar-refractivity contribution in [3.63, 3.8) is 0 Å². The molecule has 1 N–H and O–H groups in total. The number of halogens is 1. The van der Waals surface area contributed by atoms with E-state index in [4.69, 9.17) is 4.74 Å². The average Bonchev–Trinajstić information content (AvgIpc) is 2.28. The van der Waals surface area contributed by atoms with E-state index in [1.165, 1.54) is 16.8 Å². The highest BCUT2D eigenvalue weighted by Gasteiger charge is 2.23. The molecule has 1 aromatic carbocycles. The summed E-state index contributed by atoms with van der Waals surface area (Å²) in [5, 5.41) is 4.38. The minimum Gasteiger partial charge on any atom is -0.494 e. The first-order valence-electron chi connectivity index (χ1n) is 5.89. The maximum atomic E-state index is 5.55. The Hall–Kier alpha value is -0.960. The van der Waals surface area contributed by atoms with Crippen molar-refractivity contribution in [2.75, 3.05) is 17.3 Å². The second-order valence-electron chi connectivity index (χ2n) is 4.79. The van der Waals surface area contributed by atoms with E-state index < -0.39 is 0 Å². The maximum absolute atomic E-state index is 5.55. The summed E-state index contributed by atoms with van der Waals surface area (Å²) in [6, 6.07) is 6.22. The van der Waals surface area contributed by atoms with Crippen LogP contribution in [0.25, 0.3) is 5.57 Å². The van der Waals surface area contributed by atoms with Crippen molar-refractivity contribution < 1.29 is 4.74 Å². The molecule has 0 amide bonds. The Morgan fingerprint density at radius 2 is 2.12 bits per heavy atom. The Labute approximate surface area is 111 Å². The van der Waals surface area contributed by atoms with Gasteiger partial charge in [-0.1, -0.05) is 22.0 Å². The topological polar surface area (TPSA) is 21.3 Å². The second-order valence-corrected chi connectivity index (χ2v) is 5.35. The van der Waals surface area contributed by atoms with Crippen LogP contribution in [-0.2, 0) is 0 Å². The molecule has 1 aliphatic rings. The zero-order chi connectivity index (χ0) is 12.5. The van der Waals surface area contributed by atoms with Crippen LogP contribution in [0.5, 0.6) is 5.75 Å². The fraction of sp³-hybridized carbons (Fsp3) is 0.429. The summed E-state index contributed by atoms with van der Waals surface area (Å²) in [4.78, 5) is 0. The van der Waals surface area contributed by atoms with E-state index in [-0.39, 0.29) is 5.54 Å². The van der Waals surface area contributed by atoms with E-state index in [9.17, 15) is 0 Å². The second kappa shape index (κ2) is 4.73. The molecule has 0 saturated carbocycles. The summed E-state index contributed by atoms with van der Waals surface area (Å²) in [7, 11) is 0. The number of alkyl halides is 1. The third-order valence-corrected chi connectivity index (χ3v) is 3.39. The first kappa shape index (κ1) is 12.5. The normalized spacial score (nSPS) is 16.8. The average molecular weight is 296 g/mol. The van der Waals surface area contributed by atoms with Gasteiger partial charge >= 0.3 is 0 Å². The van der Waals surface area contributed by atoms with Gasteiger partial charge in [-0.15, -0.1) is 0 Å². The summed E-state index contributed by atoms with van der Waals surface area (Å²) in [6.07, 6.45) is 2.26. The van der Waals surface area contributed by atoms with Gasteiger partial charge in [0.2, 0.25) is 0 Å². The van der Waals surface area contributed by atoms with E-state index in [0.29, 0.717) is 6.61 Å². The van der Waals surface area contributed by atoms with Gasteiger partial charge in [-0.3, -0.25) is 0 Å². The third-order valence-electron chi connectivity index (χ3n) is 2.78. The zero-order valence-electron chi connectivity index (χ0n) is 10.5. The van der Waals surface area contributed by atoms with Crippen molar-refractivity contribution in [1.29, 1.82) is 0 Å². The fourth-order valence-electron chi connectivity index (χ4n) is 2.16. The van der Waals surface area contributed by atoms with Crippen molar-refractivity contribution in [3.8, 4) is 5.75 Å². The Morgan fingerprint density at radius 3 is 2.76 bits per heavy atom. The van der Waals surface area contributed by atoms with Gasteiger partial charge in [0.05, 0.1) is 12.1 Å². The molecule has 0 aliphatic carbocycles. The lowest BCUT2D eigenvalue weighted by molar-refractivity contribution is 0.340. The predicted octanol–water partition coefficient (Wildman–Crippen LogP) is 4.07. The van der Waals surface area contributed by atoms with Gasteiger partial charge in [-0.2, -0.15) is 0 Å². The van der Waals surface area contributed by atoms with Crippen molar-refractivity contribution in [2.45, 2.75) is 26.3 Å². The van der Waals surface area contributed by atoms with Gasteiger partial charge in [-0.05, 0) is 44.5 Å². The lowest BCUT2D eigenvalue weighted by Gasteiger charge is -2.32. The molecular formula is C14H18BrNO. The molecule has 0 fully saturated rings. The molecule has 2 nitrogen and oxygen atoms in total. The molecule has 92 valence electrons. The lowest BCUT2D eigenvalue weighted by atomic mass is 9.91. The molecule has 17 heavy (non-hydrogen) atoms. The Bertz CT molecular complexity index is 452. The smallest absolute Gasteiger partial charge is 0.120 e. The first-order chi connectivity index (χ1) is 8.05. The van der Waals surface area contributed by atoms with E-state index >= 15 is 0 Å². The standard InChI is InChI=1S/C14H18BrNO/c1-4-17-11-5-6-13-12(7-11)10(9-15)8-14(2,3)16-13/h5-8,16H,4,9H2,1-3H3. The molecule has 1 heterocycles. The van der Waals surface area contributed by atoms with Crippen LogP contribution in [-0.4, -0.2) is 17.5 Å². The summed E-state index contributed by atoms with van der Waals surface area (Å²) in [6.45, 7) is 7.05. The maximum Gasteiger partial charge on any atom is 0.120 e. The van der Waals surface area contributed by atoms with Crippen LogP contribution in [0.1, 0.15) is 26.3 Å². The lowest BCUT2D eigenvalue weighted by Crippen LogP contribution is -2.31. The van der Waals surface area contributed by atoms with Gasteiger partial charge in [-0.25, -0.2) is 0 Å². The molecule has 2 rings (SSSR count). The molecule has 0 bridgehead atoms. The number of benzene rings is 1. The van der Waals surface area contributed by atoms with Crippen LogP contribution in [0.4, 0.5) is 5.69 Å². The van der Waals surface area contributed by atoms with Crippen molar-refractivity contribution in [1.82, 2.24) is 0 Å². The van der Waals surface area contributed by atoms with Crippen LogP contribution in [0.2, 0.25) is 0 Å². The number of fused-ring (bicyclic) bond motifs is 1. The summed E-state index contributed by atoms with van der Waals surface area (Å²) < 4.78 is 5.55. The van der Waals surface area contributed by atoms with Crippen molar-refractivity contribution in [2.24, 2.45) is 0 Å². The Morgan fingerprint density at radius 1 is 1.35 bits per heavy atom. The number of anilines is 1. The van der Waals surface area contributed by atoms with Crippen molar-refractivity contribution in [3.05, 3.63) is 29.8 Å². The van der Waals surface area contributed by atoms with E-state index in [2.05, 4.69) is 53.3 Å². The summed E-state index contributed by atoms with van der Waals surface area (Å²) in [5.74, 6) is 0.930. The van der Waals surface area contributed by atoms with Crippen LogP contribution in [0, 0.1) is 0 Å². The number of ether oxygens (including phenoxy) is 1. The van der Waals surface area contributed by atoms with Gasteiger partial charge in [0.1, 0.15) is 5.75 Å². The largest absolute Gasteiger partial charge is 0.494 e. The fourth-order valence-corrected chi connectivity index (χ4v) is 2.63.